The van der Waals surface area contributed by atoms with Crippen LogP contribution in [0.1, 0.15) is 5.56 Å². The number of rotatable bonds is 6. The fraction of sp³-hybridized carbons (Fsp3) is 0.105. The van der Waals surface area contributed by atoms with Crippen LogP contribution in [-0.2, 0) is 0 Å². The Morgan fingerprint density at radius 1 is 1.04 bits per heavy atom. The lowest BCUT2D eigenvalue weighted by molar-refractivity contribution is 0.405. The van der Waals surface area contributed by atoms with Gasteiger partial charge in [0.15, 0.2) is 0 Å². The number of hydrogen-bond donors (Lipinski definition) is 2. The summed E-state index contributed by atoms with van der Waals surface area (Å²) in [5, 5.41) is 15.7. The molecule has 0 amide bonds. The van der Waals surface area contributed by atoms with Crippen molar-refractivity contribution >= 4 is 34.7 Å². The van der Waals surface area contributed by atoms with Crippen LogP contribution in [0.15, 0.2) is 48.7 Å². The lowest BCUT2D eigenvalue weighted by Gasteiger charge is -2.14. The highest BCUT2D eigenvalue weighted by molar-refractivity contribution is 6.32. The predicted octanol–water partition coefficient (Wildman–Crippen LogP) is 4.51. The van der Waals surface area contributed by atoms with Gasteiger partial charge in [0.05, 0.1) is 36.6 Å². The standard InChI is InChI=1S/C19H16ClN5O2/c1-26-16-10-15(17(27-2)9-14(16)20)24-18-6-7-22-19(25-18)23-13-5-3-4-12(8-13)11-21/h3-10H,1-2H3,(H2,22,23,24,25). The number of aromatic nitrogens is 2. The van der Waals surface area contributed by atoms with Crippen LogP contribution in [0, 0.1) is 11.3 Å². The molecule has 8 heteroatoms. The van der Waals surface area contributed by atoms with Gasteiger partial charge in [0.25, 0.3) is 0 Å². The van der Waals surface area contributed by atoms with Crippen LogP contribution in [0.4, 0.5) is 23.1 Å². The molecule has 2 N–H and O–H groups in total. The molecular weight excluding hydrogens is 366 g/mol. The molecule has 0 atom stereocenters. The van der Waals surface area contributed by atoms with Crippen molar-refractivity contribution in [3.63, 3.8) is 0 Å². The summed E-state index contributed by atoms with van der Waals surface area (Å²) in [6, 6.07) is 14.3. The quantitative estimate of drug-likeness (QED) is 0.649. The van der Waals surface area contributed by atoms with E-state index in [1.165, 1.54) is 0 Å². The lowest BCUT2D eigenvalue weighted by atomic mass is 10.2. The van der Waals surface area contributed by atoms with E-state index in [1.807, 2.05) is 6.07 Å². The maximum absolute atomic E-state index is 9.00. The third kappa shape index (κ3) is 4.37. The molecule has 0 saturated carbocycles. The largest absolute Gasteiger partial charge is 0.495 e. The molecule has 136 valence electrons. The van der Waals surface area contributed by atoms with Gasteiger partial charge < -0.3 is 20.1 Å². The van der Waals surface area contributed by atoms with Crippen molar-refractivity contribution in [2.45, 2.75) is 0 Å². The first kappa shape index (κ1) is 18.3. The predicted molar refractivity (Wildman–Crippen MR) is 104 cm³/mol. The Kier molecular flexibility index (Phi) is 5.59. The highest BCUT2D eigenvalue weighted by Gasteiger charge is 2.11. The second kappa shape index (κ2) is 8.25. The van der Waals surface area contributed by atoms with Crippen LogP contribution in [-0.4, -0.2) is 24.2 Å². The van der Waals surface area contributed by atoms with Gasteiger partial charge in [-0.25, -0.2) is 4.98 Å². The van der Waals surface area contributed by atoms with Gasteiger partial charge in [-0.15, -0.1) is 0 Å². The van der Waals surface area contributed by atoms with E-state index >= 15 is 0 Å². The summed E-state index contributed by atoms with van der Waals surface area (Å²) in [6.45, 7) is 0. The van der Waals surface area contributed by atoms with Crippen molar-refractivity contribution in [2.24, 2.45) is 0 Å². The SMILES string of the molecule is COc1cc(Nc2ccnc(Nc3cccc(C#N)c3)n2)c(OC)cc1Cl. The van der Waals surface area contributed by atoms with E-state index in [0.717, 1.165) is 5.69 Å². The smallest absolute Gasteiger partial charge is 0.229 e. The number of anilines is 4. The van der Waals surface area contributed by atoms with Crippen molar-refractivity contribution in [1.29, 1.82) is 5.26 Å². The Morgan fingerprint density at radius 2 is 1.85 bits per heavy atom. The first-order valence-corrected chi connectivity index (χ1v) is 8.29. The first-order chi connectivity index (χ1) is 13.1. The summed E-state index contributed by atoms with van der Waals surface area (Å²) >= 11 is 6.13. The van der Waals surface area contributed by atoms with Crippen molar-refractivity contribution in [3.05, 3.63) is 59.2 Å². The van der Waals surface area contributed by atoms with Gasteiger partial charge in [-0.3, -0.25) is 0 Å². The summed E-state index contributed by atoms with van der Waals surface area (Å²) in [4.78, 5) is 8.63. The highest BCUT2D eigenvalue weighted by Crippen LogP contribution is 2.37. The summed E-state index contributed by atoms with van der Waals surface area (Å²) in [7, 11) is 3.10. The molecule has 0 saturated heterocycles. The molecule has 0 aliphatic carbocycles. The minimum absolute atomic E-state index is 0.384. The molecule has 0 fully saturated rings. The van der Waals surface area contributed by atoms with E-state index < -0.39 is 0 Å². The van der Waals surface area contributed by atoms with Crippen LogP contribution in [0.2, 0.25) is 5.02 Å². The number of methoxy groups -OCH3 is 2. The van der Waals surface area contributed by atoms with Crippen LogP contribution in [0.3, 0.4) is 0 Å². The van der Waals surface area contributed by atoms with Gasteiger partial charge in [0, 0.05) is 24.0 Å². The number of halogens is 1. The van der Waals surface area contributed by atoms with Crippen LogP contribution in [0.5, 0.6) is 11.5 Å². The summed E-state index contributed by atoms with van der Waals surface area (Å²) in [5.41, 5.74) is 1.92. The second-order valence-corrected chi connectivity index (χ2v) is 5.80. The molecule has 1 heterocycles. The van der Waals surface area contributed by atoms with E-state index in [0.29, 0.717) is 39.5 Å². The van der Waals surface area contributed by atoms with Crippen LogP contribution < -0.4 is 20.1 Å². The molecule has 7 nitrogen and oxygen atoms in total. The molecule has 0 aliphatic heterocycles. The summed E-state index contributed by atoms with van der Waals surface area (Å²) < 4.78 is 10.6. The third-order valence-electron chi connectivity index (χ3n) is 3.64. The Labute approximate surface area is 161 Å². The van der Waals surface area contributed by atoms with E-state index in [4.69, 9.17) is 26.3 Å². The highest BCUT2D eigenvalue weighted by atomic mass is 35.5. The number of ether oxygens (including phenoxy) is 2. The molecule has 0 bridgehead atoms. The molecular formula is C19H16ClN5O2. The van der Waals surface area contributed by atoms with Gasteiger partial charge in [-0.1, -0.05) is 17.7 Å². The Bertz CT molecular complexity index is 1000. The number of nitrogens with zero attached hydrogens (tertiary/aromatic N) is 3. The maximum atomic E-state index is 9.00. The zero-order chi connectivity index (χ0) is 19.2. The van der Waals surface area contributed by atoms with Gasteiger partial charge in [-0.05, 0) is 24.3 Å². The molecule has 27 heavy (non-hydrogen) atoms. The van der Waals surface area contributed by atoms with E-state index in [1.54, 1.807) is 56.8 Å². The molecule has 0 spiro atoms. The molecule has 3 aromatic rings. The topological polar surface area (TPSA) is 92.1 Å². The Balaban J connectivity index is 1.85. The number of benzene rings is 2. The van der Waals surface area contributed by atoms with Gasteiger partial charge in [0.2, 0.25) is 5.95 Å². The first-order valence-electron chi connectivity index (χ1n) is 7.91. The monoisotopic (exact) mass is 381 g/mol. The summed E-state index contributed by atoms with van der Waals surface area (Å²) in [6.07, 6.45) is 1.62. The maximum Gasteiger partial charge on any atom is 0.229 e. The van der Waals surface area contributed by atoms with Gasteiger partial charge in [0.1, 0.15) is 17.3 Å². The van der Waals surface area contributed by atoms with Crippen molar-refractivity contribution in [1.82, 2.24) is 9.97 Å². The van der Waals surface area contributed by atoms with Crippen molar-refractivity contribution in [3.8, 4) is 17.6 Å². The number of nitriles is 1. The average Bonchev–Trinajstić information content (AvgIpc) is 2.69. The Morgan fingerprint density at radius 3 is 2.59 bits per heavy atom. The van der Waals surface area contributed by atoms with E-state index in [2.05, 4.69) is 26.7 Å². The molecule has 3 rings (SSSR count). The van der Waals surface area contributed by atoms with Crippen molar-refractivity contribution < 1.29 is 9.47 Å². The third-order valence-corrected chi connectivity index (χ3v) is 3.94. The van der Waals surface area contributed by atoms with Gasteiger partial charge >= 0.3 is 0 Å². The molecule has 0 unspecified atom stereocenters. The normalized spacial score (nSPS) is 10.0. The zero-order valence-electron chi connectivity index (χ0n) is 14.7. The molecule has 2 aromatic carbocycles. The number of hydrogen-bond acceptors (Lipinski definition) is 7. The molecule has 0 radical (unpaired) electrons. The zero-order valence-corrected chi connectivity index (χ0v) is 15.4. The van der Waals surface area contributed by atoms with Crippen molar-refractivity contribution in [2.75, 3.05) is 24.9 Å². The van der Waals surface area contributed by atoms with Crippen LogP contribution >= 0.6 is 11.6 Å². The minimum atomic E-state index is 0.384. The molecule has 1 aromatic heterocycles. The fourth-order valence-corrected chi connectivity index (χ4v) is 2.61. The minimum Gasteiger partial charge on any atom is -0.495 e. The Hall–Kier alpha value is -3.50. The summed E-state index contributed by atoms with van der Waals surface area (Å²) in [5.74, 6) is 2.00. The van der Waals surface area contributed by atoms with Crippen LogP contribution in [0.25, 0.3) is 0 Å². The number of nitrogens with one attached hydrogen (secondary N) is 2. The fourth-order valence-electron chi connectivity index (χ4n) is 2.38. The van der Waals surface area contributed by atoms with Gasteiger partial charge in [-0.2, -0.15) is 10.2 Å². The lowest BCUT2D eigenvalue weighted by Crippen LogP contribution is -2.02. The average molecular weight is 382 g/mol. The molecule has 0 aliphatic rings. The second-order valence-electron chi connectivity index (χ2n) is 5.40. The van der Waals surface area contributed by atoms with E-state index in [9.17, 15) is 0 Å². The van der Waals surface area contributed by atoms with E-state index in [-0.39, 0.29) is 0 Å².